The van der Waals surface area contributed by atoms with Crippen molar-refractivity contribution >= 4 is 11.8 Å². The van der Waals surface area contributed by atoms with E-state index in [0.29, 0.717) is 12.1 Å². The maximum Gasteiger partial charge on any atom is 0.255 e. The number of benzene rings is 2. The molecule has 0 heterocycles. The Bertz CT molecular complexity index is 694. The second kappa shape index (κ2) is 6.76. The van der Waals surface area contributed by atoms with Gasteiger partial charge in [0.15, 0.2) is 0 Å². The molecular weight excluding hydrogens is 280 g/mol. The number of amides is 2. The van der Waals surface area contributed by atoms with Gasteiger partial charge in [0.05, 0.1) is 5.56 Å². The van der Waals surface area contributed by atoms with E-state index in [9.17, 15) is 14.7 Å². The van der Waals surface area contributed by atoms with Crippen molar-refractivity contribution in [3.05, 3.63) is 64.7 Å². The summed E-state index contributed by atoms with van der Waals surface area (Å²) in [5.41, 5.74) is 2.59. The minimum atomic E-state index is -0.337. The lowest BCUT2D eigenvalue weighted by atomic mass is 10.1. The van der Waals surface area contributed by atoms with Gasteiger partial charge in [-0.2, -0.15) is 0 Å². The molecule has 22 heavy (non-hydrogen) atoms. The van der Waals surface area contributed by atoms with Gasteiger partial charge >= 0.3 is 0 Å². The zero-order valence-electron chi connectivity index (χ0n) is 12.5. The standard InChI is InChI=1S/C17H18N2O3/c1-11-3-8-15(20)14(9-11)17(22)19-10-12-4-6-13(7-5-12)16(21)18-2/h3-9,20H,10H2,1-2H3,(H,18,21)(H,19,22). The molecule has 0 unspecified atom stereocenters. The summed E-state index contributed by atoms with van der Waals surface area (Å²) in [5, 5.41) is 15.0. The summed E-state index contributed by atoms with van der Waals surface area (Å²) < 4.78 is 0. The molecule has 5 nitrogen and oxygen atoms in total. The van der Waals surface area contributed by atoms with Crippen LogP contribution >= 0.6 is 0 Å². The third-order valence-electron chi connectivity index (χ3n) is 3.29. The lowest BCUT2D eigenvalue weighted by Crippen LogP contribution is -2.23. The van der Waals surface area contributed by atoms with Gasteiger partial charge in [0.1, 0.15) is 5.75 Å². The van der Waals surface area contributed by atoms with Crippen LogP contribution in [0.4, 0.5) is 0 Å². The van der Waals surface area contributed by atoms with Gasteiger partial charge in [-0.25, -0.2) is 0 Å². The fourth-order valence-corrected chi connectivity index (χ4v) is 2.03. The minimum Gasteiger partial charge on any atom is -0.507 e. The first-order valence-corrected chi connectivity index (χ1v) is 6.90. The number of hydrogen-bond acceptors (Lipinski definition) is 3. The number of hydrogen-bond donors (Lipinski definition) is 3. The number of phenols is 1. The molecule has 0 atom stereocenters. The van der Waals surface area contributed by atoms with Gasteiger partial charge < -0.3 is 15.7 Å². The van der Waals surface area contributed by atoms with Gasteiger partial charge in [-0.15, -0.1) is 0 Å². The summed E-state index contributed by atoms with van der Waals surface area (Å²) in [6, 6.07) is 11.8. The maximum atomic E-state index is 12.1. The Balaban J connectivity index is 2.02. The molecule has 0 spiro atoms. The number of aryl methyl sites for hydroxylation is 1. The lowest BCUT2D eigenvalue weighted by molar-refractivity contribution is 0.0943. The first-order valence-electron chi connectivity index (χ1n) is 6.90. The van der Waals surface area contributed by atoms with Crippen molar-refractivity contribution in [1.29, 1.82) is 0 Å². The van der Waals surface area contributed by atoms with E-state index in [2.05, 4.69) is 10.6 Å². The maximum absolute atomic E-state index is 12.1. The van der Waals surface area contributed by atoms with Crippen molar-refractivity contribution in [2.24, 2.45) is 0 Å². The van der Waals surface area contributed by atoms with Crippen LogP contribution in [0.3, 0.4) is 0 Å². The molecule has 0 saturated carbocycles. The number of carbonyl (C=O) groups excluding carboxylic acids is 2. The molecule has 0 aliphatic carbocycles. The van der Waals surface area contributed by atoms with Gasteiger partial charge in [-0.3, -0.25) is 9.59 Å². The lowest BCUT2D eigenvalue weighted by Gasteiger charge is -2.08. The Kier molecular flexibility index (Phi) is 4.78. The predicted octanol–water partition coefficient (Wildman–Crippen LogP) is 1.99. The number of aromatic hydroxyl groups is 1. The van der Waals surface area contributed by atoms with Gasteiger partial charge in [-0.1, -0.05) is 23.8 Å². The third kappa shape index (κ3) is 3.63. The Morgan fingerprint density at radius 2 is 1.73 bits per heavy atom. The molecule has 0 bridgehead atoms. The average molecular weight is 298 g/mol. The summed E-state index contributed by atoms with van der Waals surface area (Å²) in [5.74, 6) is -0.532. The van der Waals surface area contributed by atoms with Crippen molar-refractivity contribution in [3.63, 3.8) is 0 Å². The predicted molar refractivity (Wildman–Crippen MR) is 83.8 cm³/mol. The Morgan fingerprint density at radius 3 is 2.36 bits per heavy atom. The van der Waals surface area contributed by atoms with Crippen LogP contribution in [0.1, 0.15) is 31.8 Å². The third-order valence-corrected chi connectivity index (χ3v) is 3.29. The molecule has 114 valence electrons. The van der Waals surface area contributed by atoms with Crippen LogP contribution in [0.15, 0.2) is 42.5 Å². The van der Waals surface area contributed by atoms with E-state index in [1.54, 1.807) is 43.4 Å². The highest BCUT2D eigenvalue weighted by molar-refractivity contribution is 5.97. The van der Waals surface area contributed by atoms with E-state index < -0.39 is 0 Å². The quantitative estimate of drug-likeness (QED) is 0.807. The van der Waals surface area contributed by atoms with E-state index in [1.165, 1.54) is 6.07 Å². The Hall–Kier alpha value is -2.82. The van der Waals surface area contributed by atoms with Crippen LogP contribution in [0, 0.1) is 6.92 Å². The summed E-state index contributed by atoms with van der Waals surface area (Å²) in [6.07, 6.45) is 0. The van der Waals surface area contributed by atoms with E-state index in [0.717, 1.165) is 11.1 Å². The number of rotatable bonds is 4. The number of nitrogens with one attached hydrogen (secondary N) is 2. The highest BCUT2D eigenvalue weighted by atomic mass is 16.3. The van der Waals surface area contributed by atoms with E-state index in [1.807, 2.05) is 6.92 Å². The van der Waals surface area contributed by atoms with Crippen LogP contribution < -0.4 is 10.6 Å². The van der Waals surface area contributed by atoms with Crippen LogP contribution in [0.2, 0.25) is 0 Å². The highest BCUT2D eigenvalue weighted by Gasteiger charge is 2.11. The van der Waals surface area contributed by atoms with Crippen molar-refractivity contribution in [3.8, 4) is 5.75 Å². The number of carbonyl (C=O) groups is 2. The summed E-state index contributed by atoms with van der Waals surface area (Å²) in [7, 11) is 1.57. The summed E-state index contributed by atoms with van der Waals surface area (Å²) >= 11 is 0. The first kappa shape index (κ1) is 15.6. The smallest absolute Gasteiger partial charge is 0.255 e. The fourth-order valence-electron chi connectivity index (χ4n) is 2.03. The van der Waals surface area contributed by atoms with Crippen molar-refractivity contribution < 1.29 is 14.7 Å². The molecular formula is C17H18N2O3. The molecule has 2 aromatic carbocycles. The monoisotopic (exact) mass is 298 g/mol. The largest absolute Gasteiger partial charge is 0.507 e. The van der Waals surface area contributed by atoms with Crippen molar-refractivity contribution in [1.82, 2.24) is 10.6 Å². The Labute approximate surface area is 129 Å². The second-order valence-electron chi connectivity index (χ2n) is 4.98. The highest BCUT2D eigenvalue weighted by Crippen LogP contribution is 2.18. The van der Waals surface area contributed by atoms with Gasteiger partial charge in [0.2, 0.25) is 0 Å². The second-order valence-corrected chi connectivity index (χ2v) is 4.98. The normalized spacial score (nSPS) is 10.1. The first-order chi connectivity index (χ1) is 10.5. The topological polar surface area (TPSA) is 78.4 Å². The van der Waals surface area contributed by atoms with Gasteiger partial charge in [0, 0.05) is 19.2 Å². The SMILES string of the molecule is CNC(=O)c1ccc(CNC(=O)c2cc(C)ccc2O)cc1. The fraction of sp³-hybridized carbons (Fsp3) is 0.176. The van der Waals surface area contributed by atoms with Crippen LogP contribution in [-0.4, -0.2) is 24.0 Å². The average Bonchev–Trinajstić information content (AvgIpc) is 2.54. The van der Waals surface area contributed by atoms with Crippen LogP contribution in [0.25, 0.3) is 0 Å². The molecule has 0 radical (unpaired) electrons. The molecule has 0 fully saturated rings. The zero-order chi connectivity index (χ0) is 16.1. The molecule has 2 aromatic rings. The molecule has 0 aliphatic rings. The van der Waals surface area contributed by atoms with E-state index in [-0.39, 0.29) is 23.1 Å². The summed E-state index contributed by atoms with van der Waals surface area (Å²) in [4.78, 5) is 23.5. The molecule has 0 saturated heterocycles. The molecule has 2 rings (SSSR count). The minimum absolute atomic E-state index is 0.0435. The van der Waals surface area contributed by atoms with Crippen molar-refractivity contribution in [2.45, 2.75) is 13.5 Å². The Morgan fingerprint density at radius 1 is 1.05 bits per heavy atom. The molecule has 0 aliphatic heterocycles. The molecule has 5 heteroatoms. The zero-order valence-corrected chi connectivity index (χ0v) is 12.5. The van der Waals surface area contributed by atoms with Gasteiger partial charge in [-0.05, 0) is 36.8 Å². The van der Waals surface area contributed by atoms with Crippen LogP contribution in [-0.2, 0) is 6.54 Å². The van der Waals surface area contributed by atoms with Crippen molar-refractivity contribution in [2.75, 3.05) is 7.05 Å². The van der Waals surface area contributed by atoms with Gasteiger partial charge in [0.25, 0.3) is 11.8 Å². The van der Waals surface area contributed by atoms with Crippen LogP contribution in [0.5, 0.6) is 5.75 Å². The molecule has 0 aromatic heterocycles. The summed E-state index contributed by atoms with van der Waals surface area (Å²) in [6.45, 7) is 2.17. The molecule has 3 N–H and O–H groups in total. The molecule has 2 amide bonds. The van der Waals surface area contributed by atoms with E-state index >= 15 is 0 Å². The van der Waals surface area contributed by atoms with E-state index in [4.69, 9.17) is 0 Å². The number of phenolic OH excluding ortho intramolecular Hbond substituents is 1.